The molecule has 0 unspecified atom stereocenters. The van der Waals surface area contributed by atoms with Crippen molar-refractivity contribution in [3.05, 3.63) is 17.7 Å². The molecule has 0 aromatic heterocycles. The molecule has 3 rings (SSSR count). The maximum Gasteiger partial charge on any atom is 0.254 e. The number of likely N-dealkylation sites (tertiary alicyclic amines) is 1. The second-order valence-corrected chi connectivity index (χ2v) is 7.65. The van der Waals surface area contributed by atoms with Gasteiger partial charge in [-0.2, -0.15) is 0 Å². The summed E-state index contributed by atoms with van der Waals surface area (Å²) in [7, 11) is 2.97. The number of benzene rings is 1. The van der Waals surface area contributed by atoms with Gasteiger partial charge in [-0.25, -0.2) is 4.39 Å². The van der Waals surface area contributed by atoms with Crippen LogP contribution in [0.4, 0.5) is 10.1 Å². The third-order valence-electron chi connectivity index (χ3n) is 5.62. The van der Waals surface area contributed by atoms with E-state index in [0.29, 0.717) is 48.1 Å². The number of carbonyl (C=O) groups is 2. The summed E-state index contributed by atoms with van der Waals surface area (Å²) in [5.41, 5.74) is 0.752. The number of carbonyl (C=O) groups excluding carboxylic acids is 2. The van der Waals surface area contributed by atoms with Crippen LogP contribution in [0.5, 0.6) is 11.5 Å². The van der Waals surface area contributed by atoms with Crippen LogP contribution in [0.3, 0.4) is 0 Å². The highest BCUT2D eigenvalue weighted by Crippen LogP contribution is 2.38. The van der Waals surface area contributed by atoms with Gasteiger partial charge in [0, 0.05) is 18.5 Å². The van der Waals surface area contributed by atoms with Gasteiger partial charge in [0.2, 0.25) is 5.91 Å². The molecule has 1 saturated carbocycles. The van der Waals surface area contributed by atoms with Crippen molar-refractivity contribution in [1.29, 1.82) is 0 Å². The first-order chi connectivity index (χ1) is 13.5. The molecule has 7 heteroatoms. The highest BCUT2D eigenvalue weighted by atomic mass is 19.1. The fourth-order valence-corrected chi connectivity index (χ4v) is 4.12. The zero-order valence-electron chi connectivity index (χ0n) is 16.6. The number of hydrogen-bond acceptors (Lipinski definition) is 4. The van der Waals surface area contributed by atoms with Crippen molar-refractivity contribution in [2.24, 2.45) is 5.92 Å². The monoisotopic (exact) mass is 392 g/mol. The van der Waals surface area contributed by atoms with Gasteiger partial charge in [0.15, 0.2) is 11.5 Å². The molecule has 1 aliphatic heterocycles. The van der Waals surface area contributed by atoms with E-state index in [-0.39, 0.29) is 18.4 Å². The summed E-state index contributed by atoms with van der Waals surface area (Å²) in [4.78, 5) is 26.8. The molecular formula is C21H29FN2O4. The molecule has 1 aromatic rings. The van der Waals surface area contributed by atoms with E-state index in [1.54, 1.807) is 12.1 Å². The Morgan fingerprint density at radius 1 is 1.14 bits per heavy atom. The summed E-state index contributed by atoms with van der Waals surface area (Å²) in [6.45, 7) is 0.480. The predicted octanol–water partition coefficient (Wildman–Crippen LogP) is 3.80. The molecule has 2 amide bonds. The highest BCUT2D eigenvalue weighted by Gasteiger charge is 2.28. The molecule has 6 nitrogen and oxygen atoms in total. The maximum absolute atomic E-state index is 13.5. The van der Waals surface area contributed by atoms with Crippen LogP contribution in [0.1, 0.15) is 55.3 Å². The van der Waals surface area contributed by atoms with Crippen LogP contribution in [-0.2, 0) is 4.79 Å². The average molecular weight is 392 g/mol. The number of nitrogens with zero attached hydrogens (tertiary/aromatic N) is 1. The lowest BCUT2D eigenvalue weighted by molar-refractivity contribution is -0.117. The smallest absolute Gasteiger partial charge is 0.254 e. The van der Waals surface area contributed by atoms with Gasteiger partial charge in [0.1, 0.15) is 6.17 Å². The Kier molecular flexibility index (Phi) is 6.75. The van der Waals surface area contributed by atoms with E-state index in [1.807, 2.05) is 0 Å². The van der Waals surface area contributed by atoms with Gasteiger partial charge >= 0.3 is 0 Å². The molecular weight excluding hydrogens is 363 g/mol. The first-order valence-electron chi connectivity index (χ1n) is 10.0. The Bertz CT molecular complexity index is 719. The van der Waals surface area contributed by atoms with Gasteiger partial charge in [-0.15, -0.1) is 0 Å². The summed E-state index contributed by atoms with van der Waals surface area (Å²) < 4.78 is 24.3. The van der Waals surface area contributed by atoms with Gasteiger partial charge in [0.05, 0.1) is 26.5 Å². The van der Waals surface area contributed by atoms with Crippen LogP contribution < -0.4 is 14.8 Å². The standard InChI is InChI=1S/C21H29FN2O4/c1-27-18-12-15(21(26)24-9-8-16(22)13-24)11-17(20(18)28-2)23-19(25)10-14-6-4-3-5-7-14/h11-12,14,16H,3-10,13H2,1-2H3,(H,23,25)/t16-/m0/s1. The predicted molar refractivity (Wildman–Crippen MR) is 105 cm³/mol. The van der Waals surface area contributed by atoms with Crippen molar-refractivity contribution in [2.75, 3.05) is 32.6 Å². The van der Waals surface area contributed by atoms with E-state index < -0.39 is 6.17 Å². The molecule has 1 atom stereocenters. The minimum Gasteiger partial charge on any atom is -0.493 e. The first kappa shape index (κ1) is 20.4. The number of amides is 2. The summed E-state index contributed by atoms with van der Waals surface area (Å²) in [5.74, 6) is 0.765. The number of hydrogen-bond donors (Lipinski definition) is 1. The number of anilines is 1. The van der Waals surface area contributed by atoms with E-state index in [0.717, 1.165) is 12.8 Å². The third kappa shape index (κ3) is 4.75. The second-order valence-electron chi connectivity index (χ2n) is 7.65. The molecule has 1 heterocycles. The number of alkyl halides is 1. The quantitative estimate of drug-likeness (QED) is 0.800. The lowest BCUT2D eigenvalue weighted by atomic mass is 9.87. The fraction of sp³-hybridized carbons (Fsp3) is 0.619. The van der Waals surface area contributed by atoms with Crippen LogP contribution in [-0.4, -0.2) is 50.2 Å². The van der Waals surface area contributed by atoms with Crippen molar-refractivity contribution >= 4 is 17.5 Å². The highest BCUT2D eigenvalue weighted by molar-refractivity contribution is 5.99. The van der Waals surface area contributed by atoms with Crippen LogP contribution in [0.15, 0.2) is 12.1 Å². The largest absolute Gasteiger partial charge is 0.493 e. The van der Waals surface area contributed by atoms with E-state index >= 15 is 0 Å². The normalized spacial score (nSPS) is 20.1. The van der Waals surface area contributed by atoms with Crippen molar-refractivity contribution in [2.45, 2.75) is 51.1 Å². The lowest BCUT2D eigenvalue weighted by Gasteiger charge is -2.22. The van der Waals surface area contributed by atoms with Gasteiger partial charge in [-0.05, 0) is 37.3 Å². The molecule has 2 aliphatic rings. The lowest BCUT2D eigenvalue weighted by Crippen LogP contribution is -2.29. The van der Waals surface area contributed by atoms with Crippen molar-refractivity contribution in [1.82, 2.24) is 4.90 Å². The molecule has 0 bridgehead atoms. The van der Waals surface area contributed by atoms with E-state index in [9.17, 15) is 14.0 Å². The van der Waals surface area contributed by atoms with E-state index in [2.05, 4.69) is 5.32 Å². The van der Waals surface area contributed by atoms with Crippen molar-refractivity contribution < 1.29 is 23.5 Å². The van der Waals surface area contributed by atoms with Crippen LogP contribution >= 0.6 is 0 Å². The Morgan fingerprint density at radius 2 is 1.89 bits per heavy atom. The van der Waals surface area contributed by atoms with Crippen LogP contribution in [0.2, 0.25) is 0 Å². The second kappa shape index (κ2) is 9.26. The van der Waals surface area contributed by atoms with Crippen molar-refractivity contribution in [3.63, 3.8) is 0 Å². The van der Waals surface area contributed by atoms with Crippen LogP contribution in [0.25, 0.3) is 0 Å². The van der Waals surface area contributed by atoms with E-state index in [1.165, 1.54) is 38.4 Å². The molecule has 1 saturated heterocycles. The molecule has 28 heavy (non-hydrogen) atoms. The number of nitrogens with one attached hydrogen (secondary N) is 1. The summed E-state index contributed by atoms with van der Waals surface area (Å²) in [5, 5.41) is 2.89. The Hall–Kier alpha value is -2.31. The topological polar surface area (TPSA) is 67.9 Å². The zero-order valence-corrected chi connectivity index (χ0v) is 16.6. The molecule has 2 fully saturated rings. The van der Waals surface area contributed by atoms with E-state index in [4.69, 9.17) is 9.47 Å². The van der Waals surface area contributed by atoms with Gasteiger partial charge in [-0.3, -0.25) is 9.59 Å². The SMILES string of the molecule is COc1cc(C(=O)N2CC[C@H](F)C2)cc(NC(=O)CC2CCCCC2)c1OC. The van der Waals surface area contributed by atoms with Crippen molar-refractivity contribution in [3.8, 4) is 11.5 Å². The number of halogens is 1. The van der Waals surface area contributed by atoms with Crippen LogP contribution in [0, 0.1) is 5.92 Å². The molecule has 154 valence electrons. The summed E-state index contributed by atoms with van der Waals surface area (Å²) in [6, 6.07) is 3.16. The average Bonchev–Trinajstić information content (AvgIpc) is 3.13. The molecule has 1 N–H and O–H groups in total. The maximum atomic E-state index is 13.5. The molecule has 0 radical (unpaired) electrons. The Balaban J connectivity index is 1.79. The van der Waals surface area contributed by atoms with Gasteiger partial charge in [-0.1, -0.05) is 19.3 Å². The Morgan fingerprint density at radius 3 is 2.50 bits per heavy atom. The minimum absolute atomic E-state index is 0.0938. The van der Waals surface area contributed by atoms with Gasteiger partial charge < -0.3 is 19.7 Å². The minimum atomic E-state index is -0.987. The Labute approximate surface area is 165 Å². The van der Waals surface area contributed by atoms with Gasteiger partial charge in [0.25, 0.3) is 5.91 Å². The summed E-state index contributed by atoms with van der Waals surface area (Å²) in [6.07, 6.45) is 5.55. The number of ether oxygens (including phenoxy) is 2. The summed E-state index contributed by atoms with van der Waals surface area (Å²) >= 11 is 0. The molecule has 1 aliphatic carbocycles. The molecule has 1 aromatic carbocycles. The number of methoxy groups -OCH3 is 2. The fourth-order valence-electron chi connectivity index (χ4n) is 4.12. The number of rotatable bonds is 6. The zero-order chi connectivity index (χ0) is 20.1. The molecule has 0 spiro atoms. The third-order valence-corrected chi connectivity index (χ3v) is 5.62. The first-order valence-corrected chi connectivity index (χ1v) is 10.0.